The molecule has 0 aliphatic carbocycles. The summed E-state index contributed by atoms with van der Waals surface area (Å²) < 4.78 is 37.5. The van der Waals surface area contributed by atoms with Crippen molar-refractivity contribution < 1.29 is 51.4 Å². The summed E-state index contributed by atoms with van der Waals surface area (Å²) in [5.74, 6) is -5.19. The van der Waals surface area contributed by atoms with Crippen molar-refractivity contribution in [2.75, 3.05) is 13.9 Å². The third-order valence-electron chi connectivity index (χ3n) is 8.32. The monoisotopic (exact) mass is 638 g/mol. The second-order valence-corrected chi connectivity index (χ2v) is 15.4. The van der Waals surface area contributed by atoms with Crippen LogP contribution in [-0.4, -0.2) is 106 Å². The van der Waals surface area contributed by atoms with Crippen molar-refractivity contribution in [2.45, 2.75) is 71.6 Å². The maximum Gasteiger partial charge on any atom is 0.334 e. The van der Waals surface area contributed by atoms with Crippen LogP contribution in [0, 0.1) is 0 Å². The number of nitrogens with two attached hydrogens (primary N) is 1. The highest BCUT2D eigenvalue weighted by Gasteiger charge is 2.74. The fraction of sp³-hybridized carbons (Fsp3) is 0.538. The highest BCUT2D eigenvalue weighted by molar-refractivity contribution is 8.01. The highest BCUT2D eigenvalue weighted by Crippen LogP contribution is 2.51. The molecule has 15 nitrogen and oxygen atoms in total. The zero-order valence-corrected chi connectivity index (χ0v) is 25.2. The molecule has 0 bridgehead atoms. The minimum absolute atomic E-state index is 0.396. The van der Waals surface area contributed by atoms with E-state index >= 15 is 0 Å². The van der Waals surface area contributed by atoms with Gasteiger partial charge in [-0.3, -0.25) is 19.2 Å². The summed E-state index contributed by atoms with van der Waals surface area (Å²) in [6, 6.07) is 3.73. The van der Waals surface area contributed by atoms with E-state index in [1.807, 2.05) is 0 Å². The number of amides is 3. The van der Waals surface area contributed by atoms with Gasteiger partial charge in [-0.15, -0.1) is 11.8 Å². The number of carbonyl (C=O) groups is 6. The lowest BCUT2D eigenvalue weighted by molar-refractivity contribution is -0.182. The predicted octanol–water partition coefficient (Wildman–Crippen LogP) is -1.44. The number of thioether (sulfide) groups is 1. The molecule has 4 aliphatic rings. The Kier molecular flexibility index (Phi) is 7.50. The Balaban J connectivity index is 1.22. The minimum atomic E-state index is -4.35. The molecule has 3 amide bonds. The van der Waals surface area contributed by atoms with Gasteiger partial charge in [0.2, 0.25) is 24.5 Å². The number of β-lactam (4-membered cyclic amide) rings is 2. The number of fused-ring (bicyclic) bond motifs is 2. The summed E-state index contributed by atoms with van der Waals surface area (Å²) in [4.78, 5) is 78.7. The molecule has 4 saturated heterocycles. The van der Waals surface area contributed by atoms with E-state index < -0.39 is 103 Å². The summed E-state index contributed by atoms with van der Waals surface area (Å²) in [6.07, 6.45) is -0.396. The molecule has 1 aromatic rings. The number of rotatable bonds is 8. The Bertz CT molecular complexity index is 1520. The fourth-order valence-electron chi connectivity index (χ4n) is 5.93. The van der Waals surface area contributed by atoms with E-state index in [0.717, 1.165) is 18.9 Å². The van der Waals surface area contributed by atoms with Crippen LogP contribution in [0.2, 0.25) is 0 Å². The quantitative estimate of drug-likeness (QED) is 0.190. The van der Waals surface area contributed by atoms with Crippen molar-refractivity contribution in [2.24, 2.45) is 5.73 Å². The van der Waals surface area contributed by atoms with Crippen LogP contribution < -0.4 is 11.1 Å². The smallest absolute Gasteiger partial charge is 0.334 e. The van der Waals surface area contributed by atoms with Gasteiger partial charge in [0.05, 0.1) is 13.5 Å². The summed E-state index contributed by atoms with van der Waals surface area (Å²) in [7, 11) is -3.40. The van der Waals surface area contributed by atoms with E-state index in [0.29, 0.717) is 5.56 Å². The average Bonchev–Trinajstić information content (AvgIpc) is 3.30. The molecule has 0 spiro atoms. The molecule has 0 saturated carbocycles. The van der Waals surface area contributed by atoms with Gasteiger partial charge in [0.15, 0.2) is 20.6 Å². The zero-order valence-electron chi connectivity index (χ0n) is 23.5. The van der Waals surface area contributed by atoms with Crippen LogP contribution in [0.4, 0.5) is 0 Å². The van der Waals surface area contributed by atoms with Crippen molar-refractivity contribution >= 4 is 57.2 Å². The largest absolute Gasteiger partial charge is 0.468 e. The number of sulfone groups is 1. The van der Waals surface area contributed by atoms with Gasteiger partial charge < -0.3 is 35.1 Å². The molecule has 0 aromatic heterocycles. The van der Waals surface area contributed by atoms with Crippen molar-refractivity contribution in [3.63, 3.8) is 0 Å². The van der Waals surface area contributed by atoms with Gasteiger partial charge in [0, 0.05) is 4.75 Å². The first-order valence-corrected chi connectivity index (χ1v) is 15.6. The standard InChI is InChI=1S/C26H30N4O11S2/c1-25(2)17(30-20(33)16(21(30)42-25)28-19(32)15(27)12-8-6-5-7-9-12)22(34)40-11-41-23(35)18-26(3,24(36)39-4)43(37,38)14-10-13(31)29(14)18/h5-9,14-18,21H,10-11,27H2,1-4H3,(H,28,32)/t14-,15?,16-,17+,18+,21-,26-/m1/s1. The third-order valence-corrected chi connectivity index (χ3v) is 12.6. The maximum atomic E-state index is 13.1. The molecule has 4 heterocycles. The first kappa shape index (κ1) is 30.7. The number of hydrogen-bond acceptors (Lipinski definition) is 13. The maximum absolute atomic E-state index is 13.1. The number of esters is 3. The molecule has 232 valence electrons. The molecule has 4 aliphatic heterocycles. The van der Waals surface area contributed by atoms with E-state index in [1.165, 1.54) is 16.7 Å². The SMILES string of the molecule is COC(=O)[C@@]1(C)[C@H](C(=O)OCOC(=O)[C@@H]2N3C(=O)[C@@H](NC(=O)C(N)c4ccccc4)[C@H]3SC2(C)C)N2C(=O)C[C@H]2S1(=O)=O. The Morgan fingerprint density at radius 3 is 2.23 bits per heavy atom. The Labute approximate surface area is 250 Å². The molecule has 7 atom stereocenters. The molecular formula is C26H30N4O11S2. The first-order valence-electron chi connectivity index (χ1n) is 13.2. The van der Waals surface area contributed by atoms with E-state index in [4.69, 9.17) is 15.2 Å². The van der Waals surface area contributed by atoms with Crippen LogP contribution in [0.25, 0.3) is 0 Å². The van der Waals surface area contributed by atoms with Crippen LogP contribution >= 0.6 is 11.8 Å². The molecular weight excluding hydrogens is 608 g/mol. The zero-order chi connectivity index (χ0) is 31.6. The van der Waals surface area contributed by atoms with Crippen LogP contribution in [0.15, 0.2) is 30.3 Å². The van der Waals surface area contributed by atoms with Gasteiger partial charge in [-0.25, -0.2) is 18.0 Å². The predicted molar refractivity (Wildman–Crippen MR) is 147 cm³/mol. The Morgan fingerprint density at radius 2 is 1.65 bits per heavy atom. The first-order chi connectivity index (χ1) is 20.1. The van der Waals surface area contributed by atoms with Gasteiger partial charge in [0.1, 0.15) is 28.9 Å². The van der Waals surface area contributed by atoms with Gasteiger partial charge in [-0.2, -0.15) is 0 Å². The highest BCUT2D eigenvalue weighted by atomic mass is 32.2. The van der Waals surface area contributed by atoms with Crippen molar-refractivity contribution in [1.82, 2.24) is 15.1 Å². The van der Waals surface area contributed by atoms with E-state index in [2.05, 4.69) is 10.1 Å². The van der Waals surface area contributed by atoms with Crippen LogP contribution in [0.5, 0.6) is 0 Å². The average molecular weight is 639 g/mol. The topological polar surface area (TPSA) is 209 Å². The fourth-order valence-corrected chi connectivity index (χ4v) is 9.85. The second kappa shape index (κ2) is 10.5. The Morgan fingerprint density at radius 1 is 1.05 bits per heavy atom. The molecule has 43 heavy (non-hydrogen) atoms. The molecule has 3 N–H and O–H groups in total. The molecule has 1 unspecified atom stereocenters. The van der Waals surface area contributed by atoms with Crippen molar-refractivity contribution in [1.29, 1.82) is 0 Å². The van der Waals surface area contributed by atoms with Gasteiger partial charge in [0.25, 0.3) is 0 Å². The van der Waals surface area contributed by atoms with Crippen molar-refractivity contribution in [3.8, 4) is 0 Å². The normalized spacial score (nSPS) is 32.0. The molecule has 5 rings (SSSR count). The number of nitrogens with one attached hydrogen (secondary N) is 1. The molecule has 4 fully saturated rings. The number of benzene rings is 1. The number of hydrogen-bond donors (Lipinski definition) is 2. The molecule has 0 radical (unpaired) electrons. The summed E-state index contributed by atoms with van der Waals surface area (Å²) >= 11 is 1.27. The van der Waals surface area contributed by atoms with Crippen molar-refractivity contribution in [3.05, 3.63) is 35.9 Å². The van der Waals surface area contributed by atoms with E-state index in [-0.39, 0.29) is 0 Å². The third kappa shape index (κ3) is 4.47. The number of ether oxygens (including phenoxy) is 3. The summed E-state index contributed by atoms with van der Waals surface area (Å²) in [5, 5.41) is 0.678. The lowest BCUT2D eigenvalue weighted by Crippen LogP contribution is -2.71. The van der Waals surface area contributed by atoms with Gasteiger partial charge in [-0.1, -0.05) is 30.3 Å². The summed E-state index contributed by atoms with van der Waals surface area (Å²) in [6.45, 7) is 3.41. The minimum Gasteiger partial charge on any atom is -0.468 e. The number of nitrogens with zero attached hydrogens (tertiary/aromatic N) is 2. The number of methoxy groups -OCH3 is 1. The molecule has 17 heteroatoms. The van der Waals surface area contributed by atoms with Gasteiger partial charge >= 0.3 is 17.9 Å². The van der Waals surface area contributed by atoms with E-state index in [1.54, 1.807) is 44.2 Å². The number of carbonyl (C=O) groups excluding carboxylic acids is 6. The summed E-state index contributed by atoms with van der Waals surface area (Å²) in [5.41, 5.74) is 6.61. The van der Waals surface area contributed by atoms with Crippen LogP contribution in [0.3, 0.4) is 0 Å². The second-order valence-electron chi connectivity index (χ2n) is 11.2. The van der Waals surface area contributed by atoms with Gasteiger partial charge in [-0.05, 0) is 26.3 Å². The van der Waals surface area contributed by atoms with E-state index in [9.17, 15) is 37.2 Å². The van der Waals surface area contributed by atoms with Crippen LogP contribution in [-0.2, 0) is 52.8 Å². The lowest BCUT2D eigenvalue weighted by atomic mass is 9.95. The lowest BCUT2D eigenvalue weighted by Gasteiger charge is -2.44. The Hall–Kier alpha value is -3.70. The molecule has 1 aromatic carbocycles. The van der Waals surface area contributed by atoms with Crippen LogP contribution in [0.1, 0.15) is 38.8 Å².